The van der Waals surface area contributed by atoms with E-state index in [-0.39, 0.29) is 19.0 Å². The number of halogens is 1. The summed E-state index contributed by atoms with van der Waals surface area (Å²) >= 11 is 0. The number of amides is 1. The van der Waals surface area contributed by atoms with E-state index in [0.29, 0.717) is 24.3 Å². The molecule has 6 heteroatoms. The molecule has 1 heterocycles. The molecular formula is C13H15ClN2O3. The predicted molar refractivity (Wildman–Crippen MR) is 74.7 cm³/mol. The number of carbonyl (C=O) groups is 1. The second kappa shape index (κ2) is 6.92. The molecule has 0 radical (unpaired) electrons. The van der Waals surface area contributed by atoms with Gasteiger partial charge in [0.05, 0.1) is 17.7 Å². The Labute approximate surface area is 116 Å². The zero-order valence-electron chi connectivity index (χ0n) is 10.2. The lowest BCUT2D eigenvalue weighted by molar-refractivity contribution is 0.0996. The van der Waals surface area contributed by atoms with Crippen LogP contribution < -0.4 is 10.5 Å². The number of aliphatic hydroxyl groups is 1. The van der Waals surface area contributed by atoms with E-state index in [0.717, 1.165) is 10.9 Å². The number of hydrogen-bond donors (Lipinski definition) is 2. The van der Waals surface area contributed by atoms with Gasteiger partial charge in [0.1, 0.15) is 5.75 Å². The number of fused-ring (bicyclic) bond motifs is 1. The highest BCUT2D eigenvalue weighted by Crippen LogP contribution is 2.24. The molecule has 0 atom stereocenters. The van der Waals surface area contributed by atoms with Crippen LogP contribution in [0.2, 0.25) is 0 Å². The second-order valence-corrected chi connectivity index (χ2v) is 3.83. The molecule has 0 unspecified atom stereocenters. The van der Waals surface area contributed by atoms with E-state index >= 15 is 0 Å². The molecule has 2 aromatic rings. The lowest BCUT2D eigenvalue weighted by Gasteiger charge is -2.10. The molecule has 0 bridgehead atoms. The maximum Gasteiger partial charge on any atom is 0.252 e. The fraction of sp³-hybridized carbons (Fsp3) is 0.231. The Hall–Kier alpha value is -1.85. The van der Waals surface area contributed by atoms with E-state index in [1.165, 1.54) is 0 Å². The Morgan fingerprint density at radius 3 is 2.89 bits per heavy atom. The highest BCUT2D eigenvalue weighted by atomic mass is 35.5. The highest BCUT2D eigenvalue weighted by Gasteiger charge is 2.11. The molecule has 102 valence electrons. The van der Waals surface area contributed by atoms with Crippen molar-refractivity contribution in [3.8, 4) is 5.75 Å². The Balaban J connectivity index is 0.00000180. The van der Waals surface area contributed by atoms with Crippen molar-refractivity contribution in [2.45, 2.75) is 6.42 Å². The van der Waals surface area contributed by atoms with Gasteiger partial charge in [0, 0.05) is 30.7 Å². The van der Waals surface area contributed by atoms with Crippen molar-refractivity contribution >= 4 is 29.2 Å². The lowest BCUT2D eigenvalue weighted by Crippen LogP contribution is -2.13. The summed E-state index contributed by atoms with van der Waals surface area (Å²) in [7, 11) is 0. The molecule has 0 aliphatic rings. The maximum absolute atomic E-state index is 11.4. The van der Waals surface area contributed by atoms with Crippen LogP contribution in [0.1, 0.15) is 16.8 Å². The molecule has 2 rings (SSSR count). The van der Waals surface area contributed by atoms with Crippen molar-refractivity contribution in [2.24, 2.45) is 5.73 Å². The van der Waals surface area contributed by atoms with Crippen LogP contribution in [0.3, 0.4) is 0 Å². The van der Waals surface area contributed by atoms with Crippen LogP contribution in [0, 0.1) is 0 Å². The maximum atomic E-state index is 11.4. The largest absolute Gasteiger partial charge is 0.493 e. The van der Waals surface area contributed by atoms with Crippen LogP contribution in [0.4, 0.5) is 0 Å². The first-order valence-corrected chi connectivity index (χ1v) is 5.64. The Kier molecular flexibility index (Phi) is 5.54. The zero-order valence-corrected chi connectivity index (χ0v) is 11.0. The third-order valence-corrected chi connectivity index (χ3v) is 2.53. The smallest absolute Gasteiger partial charge is 0.252 e. The van der Waals surface area contributed by atoms with Crippen molar-refractivity contribution < 1.29 is 14.6 Å². The lowest BCUT2D eigenvalue weighted by atomic mass is 10.1. The quantitative estimate of drug-likeness (QED) is 0.814. The van der Waals surface area contributed by atoms with Gasteiger partial charge in [-0.3, -0.25) is 9.78 Å². The van der Waals surface area contributed by atoms with E-state index in [1.54, 1.807) is 24.4 Å². The molecule has 1 aromatic carbocycles. The number of nitrogens with zero attached hydrogens (tertiary/aromatic N) is 1. The average Bonchev–Trinajstić information content (AvgIpc) is 2.38. The minimum atomic E-state index is -0.542. The van der Waals surface area contributed by atoms with Crippen molar-refractivity contribution in [3.05, 3.63) is 36.0 Å². The van der Waals surface area contributed by atoms with Gasteiger partial charge in [-0.1, -0.05) is 6.07 Å². The number of carbonyl (C=O) groups excluding carboxylic acids is 1. The molecule has 0 spiro atoms. The van der Waals surface area contributed by atoms with Gasteiger partial charge in [0.15, 0.2) is 0 Å². The number of aromatic nitrogens is 1. The molecular weight excluding hydrogens is 268 g/mol. The fourth-order valence-electron chi connectivity index (χ4n) is 1.66. The van der Waals surface area contributed by atoms with Crippen LogP contribution in [-0.2, 0) is 0 Å². The third kappa shape index (κ3) is 3.56. The monoisotopic (exact) mass is 282 g/mol. The molecule has 0 aliphatic heterocycles. The average molecular weight is 283 g/mol. The molecule has 3 N–H and O–H groups in total. The highest BCUT2D eigenvalue weighted by molar-refractivity contribution is 6.00. The summed E-state index contributed by atoms with van der Waals surface area (Å²) in [6.45, 7) is 0.368. The first kappa shape index (κ1) is 15.2. The molecule has 19 heavy (non-hydrogen) atoms. The second-order valence-electron chi connectivity index (χ2n) is 3.83. The van der Waals surface area contributed by atoms with Crippen LogP contribution in [0.15, 0.2) is 30.5 Å². The fourth-order valence-corrected chi connectivity index (χ4v) is 1.66. The van der Waals surface area contributed by atoms with E-state index < -0.39 is 5.91 Å². The predicted octanol–water partition coefficient (Wildman–Crippen LogP) is 1.52. The summed E-state index contributed by atoms with van der Waals surface area (Å²) in [5.41, 5.74) is 6.39. The van der Waals surface area contributed by atoms with Crippen molar-refractivity contribution in [3.63, 3.8) is 0 Å². The number of rotatable bonds is 5. The van der Waals surface area contributed by atoms with Crippen LogP contribution in [0.5, 0.6) is 5.75 Å². The minimum absolute atomic E-state index is 0. The standard InChI is InChI=1S/C13H14N2O3.ClH/c14-13(17)10-7-9-3-1-4-15-11(9)8-12(10)18-6-2-5-16;/h1,3-4,7-8,16H,2,5-6H2,(H2,14,17);1H. The third-order valence-electron chi connectivity index (χ3n) is 2.53. The number of ether oxygens (including phenoxy) is 1. The molecule has 0 fully saturated rings. The summed E-state index contributed by atoms with van der Waals surface area (Å²) in [6.07, 6.45) is 2.17. The Morgan fingerprint density at radius 2 is 2.21 bits per heavy atom. The number of aliphatic hydroxyl groups excluding tert-OH is 1. The van der Waals surface area contributed by atoms with Gasteiger partial charge >= 0.3 is 0 Å². The summed E-state index contributed by atoms with van der Waals surface area (Å²) in [5.74, 6) is -0.137. The van der Waals surface area contributed by atoms with Gasteiger partial charge in [-0.05, 0) is 12.1 Å². The number of hydrogen-bond acceptors (Lipinski definition) is 4. The van der Waals surface area contributed by atoms with Gasteiger partial charge in [0.25, 0.3) is 5.91 Å². The van der Waals surface area contributed by atoms with Crippen LogP contribution >= 0.6 is 12.4 Å². The first-order valence-electron chi connectivity index (χ1n) is 5.64. The number of benzene rings is 1. The number of pyridine rings is 1. The van der Waals surface area contributed by atoms with Crippen molar-refractivity contribution in [1.82, 2.24) is 4.98 Å². The summed E-state index contributed by atoms with van der Waals surface area (Å²) in [5, 5.41) is 9.54. The van der Waals surface area contributed by atoms with E-state index in [2.05, 4.69) is 4.98 Å². The van der Waals surface area contributed by atoms with Crippen molar-refractivity contribution in [2.75, 3.05) is 13.2 Å². The molecule has 1 amide bonds. The Bertz CT molecular complexity index is 575. The number of nitrogens with two attached hydrogens (primary N) is 1. The summed E-state index contributed by atoms with van der Waals surface area (Å²) in [6, 6.07) is 7.00. The molecule has 5 nitrogen and oxygen atoms in total. The molecule has 0 aliphatic carbocycles. The van der Waals surface area contributed by atoms with Crippen LogP contribution in [-0.4, -0.2) is 29.2 Å². The van der Waals surface area contributed by atoms with Crippen LogP contribution in [0.25, 0.3) is 10.9 Å². The number of primary amides is 1. The van der Waals surface area contributed by atoms with Gasteiger partial charge in [0.2, 0.25) is 0 Å². The molecule has 0 saturated heterocycles. The van der Waals surface area contributed by atoms with Crippen molar-refractivity contribution in [1.29, 1.82) is 0 Å². The Morgan fingerprint density at radius 1 is 1.42 bits per heavy atom. The van der Waals surface area contributed by atoms with E-state index in [4.69, 9.17) is 15.6 Å². The normalized spacial score (nSPS) is 9.95. The molecule has 1 aromatic heterocycles. The van der Waals surface area contributed by atoms with Gasteiger partial charge < -0.3 is 15.6 Å². The molecule has 0 saturated carbocycles. The van der Waals surface area contributed by atoms with Gasteiger partial charge in [-0.2, -0.15) is 0 Å². The van der Waals surface area contributed by atoms with Gasteiger partial charge in [-0.15, -0.1) is 12.4 Å². The van der Waals surface area contributed by atoms with E-state index in [1.807, 2.05) is 6.07 Å². The minimum Gasteiger partial charge on any atom is -0.493 e. The SMILES string of the molecule is Cl.NC(=O)c1cc2cccnc2cc1OCCCO. The topological polar surface area (TPSA) is 85.4 Å². The van der Waals surface area contributed by atoms with E-state index in [9.17, 15) is 4.79 Å². The van der Waals surface area contributed by atoms with Gasteiger partial charge in [-0.25, -0.2) is 0 Å². The first-order chi connectivity index (χ1) is 8.72. The summed E-state index contributed by atoms with van der Waals surface area (Å²) in [4.78, 5) is 15.6. The zero-order chi connectivity index (χ0) is 13.0. The summed E-state index contributed by atoms with van der Waals surface area (Å²) < 4.78 is 5.45.